The summed E-state index contributed by atoms with van der Waals surface area (Å²) >= 11 is 1.61. The van der Waals surface area contributed by atoms with Gasteiger partial charge in [0.1, 0.15) is 0 Å². The fourth-order valence-electron chi connectivity index (χ4n) is 2.47. The number of likely N-dealkylation sites (tertiary alicyclic amines) is 1. The van der Waals surface area contributed by atoms with Crippen LogP contribution in [0.1, 0.15) is 32.1 Å². The molecule has 1 amide bonds. The molecule has 2 fully saturated rings. The van der Waals surface area contributed by atoms with Gasteiger partial charge in [-0.15, -0.1) is 0 Å². The van der Waals surface area contributed by atoms with Gasteiger partial charge in [0.05, 0.1) is 4.75 Å². The normalized spacial score (nSPS) is 24.1. The SMILES string of the molecule is CSC1(C(N)=NO)CCN(C(=O)CC2CC2)CC1. The molecule has 2 aliphatic rings. The first-order chi connectivity index (χ1) is 8.61. The van der Waals surface area contributed by atoms with Crippen molar-refractivity contribution < 1.29 is 10.0 Å². The van der Waals surface area contributed by atoms with Gasteiger partial charge in [-0.3, -0.25) is 4.79 Å². The molecule has 0 aromatic heterocycles. The Morgan fingerprint density at radius 3 is 2.56 bits per heavy atom. The second-order valence-corrected chi connectivity index (χ2v) is 6.40. The Hall–Kier alpha value is -0.910. The molecular weight excluding hydrogens is 250 g/mol. The van der Waals surface area contributed by atoms with Crippen molar-refractivity contribution >= 4 is 23.5 Å². The molecule has 0 spiro atoms. The van der Waals surface area contributed by atoms with Crippen molar-refractivity contribution in [1.82, 2.24) is 4.90 Å². The van der Waals surface area contributed by atoms with E-state index in [9.17, 15) is 4.79 Å². The molecule has 102 valence electrons. The van der Waals surface area contributed by atoms with Crippen LogP contribution in [0.15, 0.2) is 5.16 Å². The van der Waals surface area contributed by atoms with Gasteiger partial charge < -0.3 is 15.8 Å². The smallest absolute Gasteiger partial charge is 0.222 e. The lowest BCUT2D eigenvalue weighted by Crippen LogP contribution is -2.51. The molecule has 1 aliphatic carbocycles. The molecule has 0 radical (unpaired) electrons. The van der Waals surface area contributed by atoms with E-state index in [1.165, 1.54) is 12.8 Å². The lowest BCUT2D eigenvalue weighted by Gasteiger charge is -2.39. The first kappa shape index (κ1) is 13.5. The summed E-state index contributed by atoms with van der Waals surface area (Å²) in [5, 5.41) is 12.0. The van der Waals surface area contributed by atoms with Crippen molar-refractivity contribution in [2.45, 2.75) is 36.9 Å². The Kier molecular flexibility index (Phi) is 4.04. The van der Waals surface area contributed by atoms with Gasteiger partial charge in [-0.2, -0.15) is 11.8 Å². The monoisotopic (exact) mass is 271 g/mol. The van der Waals surface area contributed by atoms with E-state index in [4.69, 9.17) is 10.9 Å². The minimum Gasteiger partial charge on any atom is -0.409 e. The zero-order chi connectivity index (χ0) is 13.2. The molecule has 0 bridgehead atoms. The van der Waals surface area contributed by atoms with Crippen LogP contribution in [0.4, 0.5) is 0 Å². The highest BCUT2D eigenvalue weighted by Crippen LogP contribution is 2.37. The minimum atomic E-state index is -0.300. The highest BCUT2D eigenvalue weighted by atomic mass is 32.2. The Bertz CT molecular complexity index is 347. The number of nitrogens with two attached hydrogens (primary N) is 1. The van der Waals surface area contributed by atoms with Crippen LogP contribution in [-0.4, -0.2) is 45.9 Å². The number of hydrogen-bond acceptors (Lipinski definition) is 4. The largest absolute Gasteiger partial charge is 0.409 e. The number of carbonyl (C=O) groups is 1. The Morgan fingerprint density at radius 1 is 1.50 bits per heavy atom. The third-order valence-corrected chi connectivity index (χ3v) is 5.45. The zero-order valence-corrected chi connectivity index (χ0v) is 11.6. The fraction of sp³-hybridized carbons (Fsp3) is 0.833. The van der Waals surface area contributed by atoms with E-state index in [1.807, 2.05) is 11.2 Å². The van der Waals surface area contributed by atoms with E-state index in [2.05, 4.69) is 5.16 Å². The lowest BCUT2D eigenvalue weighted by atomic mass is 9.94. The van der Waals surface area contributed by atoms with E-state index in [1.54, 1.807) is 11.8 Å². The fourth-order valence-corrected chi connectivity index (χ4v) is 3.31. The average molecular weight is 271 g/mol. The van der Waals surface area contributed by atoms with Crippen molar-refractivity contribution in [3.8, 4) is 0 Å². The van der Waals surface area contributed by atoms with Crippen LogP contribution < -0.4 is 5.73 Å². The zero-order valence-electron chi connectivity index (χ0n) is 10.8. The molecule has 0 unspecified atom stereocenters. The molecule has 1 saturated heterocycles. The van der Waals surface area contributed by atoms with Crippen molar-refractivity contribution in [3.63, 3.8) is 0 Å². The van der Waals surface area contributed by atoms with Gasteiger partial charge in [-0.05, 0) is 37.9 Å². The lowest BCUT2D eigenvalue weighted by molar-refractivity contribution is -0.132. The van der Waals surface area contributed by atoms with E-state index >= 15 is 0 Å². The van der Waals surface area contributed by atoms with Gasteiger partial charge in [-0.25, -0.2) is 0 Å². The third kappa shape index (κ3) is 2.74. The summed E-state index contributed by atoms with van der Waals surface area (Å²) in [6, 6.07) is 0. The molecule has 6 heteroatoms. The number of thioether (sulfide) groups is 1. The van der Waals surface area contributed by atoms with Crippen molar-refractivity contribution in [1.29, 1.82) is 0 Å². The van der Waals surface area contributed by atoms with Gasteiger partial charge in [0.2, 0.25) is 5.91 Å². The quantitative estimate of drug-likeness (QED) is 0.349. The number of amidine groups is 1. The van der Waals surface area contributed by atoms with E-state index < -0.39 is 0 Å². The van der Waals surface area contributed by atoms with Crippen molar-refractivity contribution in [3.05, 3.63) is 0 Å². The number of amides is 1. The van der Waals surface area contributed by atoms with Crippen LogP contribution in [0.3, 0.4) is 0 Å². The van der Waals surface area contributed by atoms with Crippen LogP contribution in [0.5, 0.6) is 0 Å². The summed E-state index contributed by atoms with van der Waals surface area (Å²) in [6.07, 6.45) is 6.62. The Balaban J connectivity index is 1.91. The van der Waals surface area contributed by atoms with E-state index in [-0.39, 0.29) is 16.5 Å². The third-order valence-electron chi connectivity index (χ3n) is 4.05. The summed E-state index contributed by atoms with van der Waals surface area (Å²) in [5.41, 5.74) is 5.78. The molecule has 0 aromatic rings. The molecule has 0 atom stereocenters. The predicted octanol–water partition coefficient (Wildman–Crippen LogP) is 1.26. The molecule has 1 aliphatic heterocycles. The number of nitrogens with zero attached hydrogens (tertiary/aromatic N) is 2. The van der Waals surface area contributed by atoms with Crippen LogP contribution in [0.2, 0.25) is 0 Å². The molecule has 0 aromatic carbocycles. The van der Waals surface area contributed by atoms with E-state index in [0.29, 0.717) is 25.4 Å². The number of rotatable bonds is 4. The van der Waals surface area contributed by atoms with Crippen LogP contribution in [0, 0.1) is 5.92 Å². The van der Waals surface area contributed by atoms with Crippen LogP contribution in [-0.2, 0) is 4.79 Å². The molecule has 1 heterocycles. The number of carbonyl (C=O) groups excluding carboxylic acids is 1. The minimum absolute atomic E-state index is 0.270. The summed E-state index contributed by atoms with van der Waals surface area (Å²) in [6.45, 7) is 1.42. The first-order valence-corrected chi connectivity index (χ1v) is 7.64. The second kappa shape index (κ2) is 5.38. The number of hydrogen-bond donors (Lipinski definition) is 2. The highest BCUT2D eigenvalue weighted by molar-refractivity contribution is 8.00. The second-order valence-electron chi connectivity index (χ2n) is 5.21. The first-order valence-electron chi connectivity index (χ1n) is 6.42. The van der Waals surface area contributed by atoms with Gasteiger partial charge in [0.25, 0.3) is 0 Å². The molecule has 1 saturated carbocycles. The molecule has 2 rings (SSSR count). The van der Waals surface area contributed by atoms with Gasteiger partial charge >= 0.3 is 0 Å². The summed E-state index contributed by atoms with van der Waals surface area (Å²) in [5.74, 6) is 1.19. The molecule has 3 N–H and O–H groups in total. The van der Waals surface area contributed by atoms with Crippen LogP contribution in [0.25, 0.3) is 0 Å². The highest BCUT2D eigenvalue weighted by Gasteiger charge is 2.39. The van der Waals surface area contributed by atoms with Gasteiger partial charge in [-0.1, -0.05) is 5.16 Å². The Labute approximate surface area is 112 Å². The molecule has 5 nitrogen and oxygen atoms in total. The summed E-state index contributed by atoms with van der Waals surface area (Å²) in [4.78, 5) is 13.9. The maximum atomic E-state index is 12.0. The topological polar surface area (TPSA) is 78.9 Å². The maximum absolute atomic E-state index is 12.0. The van der Waals surface area contributed by atoms with Crippen molar-refractivity contribution in [2.75, 3.05) is 19.3 Å². The summed E-state index contributed by atoms with van der Waals surface area (Å²) in [7, 11) is 0. The molecular formula is C12H21N3O2S. The Morgan fingerprint density at radius 2 is 2.11 bits per heavy atom. The number of piperidine rings is 1. The van der Waals surface area contributed by atoms with Gasteiger partial charge in [0.15, 0.2) is 5.84 Å². The maximum Gasteiger partial charge on any atom is 0.222 e. The predicted molar refractivity (Wildman–Crippen MR) is 72.8 cm³/mol. The van der Waals surface area contributed by atoms with Crippen molar-refractivity contribution in [2.24, 2.45) is 16.8 Å². The van der Waals surface area contributed by atoms with E-state index in [0.717, 1.165) is 12.8 Å². The van der Waals surface area contributed by atoms with Crippen LogP contribution >= 0.6 is 11.8 Å². The van der Waals surface area contributed by atoms with Gasteiger partial charge in [0, 0.05) is 19.5 Å². The molecule has 18 heavy (non-hydrogen) atoms. The average Bonchev–Trinajstić information content (AvgIpc) is 3.21. The number of oxime groups is 1. The standard InChI is InChI=1S/C12H21N3O2S/c1-18-12(11(13)14-17)4-6-15(7-5-12)10(16)8-9-2-3-9/h9,17H,2-8H2,1H3,(H2,13,14). The summed E-state index contributed by atoms with van der Waals surface area (Å²) < 4.78 is -0.300.